The van der Waals surface area contributed by atoms with Crippen molar-refractivity contribution in [2.24, 2.45) is 0 Å². The molecule has 0 bridgehead atoms. The van der Waals surface area contributed by atoms with Crippen molar-refractivity contribution < 1.29 is 26.3 Å². The first-order valence-electron chi connectivity index (χ1n) is 9.59. The topological polar surface area (TPSA) is 0 Å². The molecule has 0 saturated carbocycles. The van der Waals surface area contributed by atoms with Crippen LogP contribution in [0.5, 0.6) is 0 Å². The molecule has 0 amide bonds. The van der Waals surface area contributed by atoms with Crippen LogP contribution in [0.15, 0.2) is 72.8 Å². The van der Waals surface area contributed by atoms with Crippen LogP contribution in [-0.2, 0) is 0 Å². The first-order valence-corrected chi connectivity index (χ1v) is 9.59. The molecule has 0 heterocycles. The molecule has 0 atom stereocenters. The Kier molecular flexibility index (Phi) is 4.66. The van der Waals surface area contributed by atoms with Gasteiger partial charge >= 0.3 is 0 Å². The number of benzene rings is 5. The second kappa shape index (κ2) is 7.41. The molecule has 158 valence electrons. The van der Waals surface area contributed by atoms with Crippen molar-refractivity contribution in [3.63, 3.8) is 0 Å². The third kappa shape index (κ3) is 3.11. The molecule has 0 N–H and O–H groups in total. The molecule has 0 radical (unpaired) electrons. The highest BCUT2D eigenvalue weighted by Gasteiger charge is 2.20. The Morgan fingerprint density at radius 3 is 1.09 bits per heavy atom. The maximum atomic E-state index is 14.3. The van der Waals surface area contributed by atoms with Gasteiger partial charge in [0.1, 0.15) is 0 Å². The molecular weight excluding hydrogens is 426 g/mol. The van der Waals surface area contributed by atoms with Gasteiger partial charge in [0, 0.05) is 0 Å². The SMILES string of the molecule is Fc1ccc(-c2c3ccccc3c(-c3ccc(F)c(F)c3)c3cc(F)c(F)cc23)cc1F. The molecule has 0 nitrogen and oxygen atoms in total. The normalized spacial score (nSPS) is 11.4. The highest BCUT2D eigenvalue weighted by Crippen LogP contribution is 2.44. The van der Waals surface area contributed by atoms with E-state index in [1.54, 1.807) is 24.3 Å². The lowest BCUT2D eigenvalue weighted by molar-refractivity contribution is 0.509. The molecule has 0 spiro atoms. The predicted octanol–water partition coefficient (Wildman–Crippen LogP) is 8.16. The molecule has 0 saturated heterocycles. The zero-order valence-electron chi connectivity index (χ0n) is 16.2. The fraction of sp³-hybridized carbons (Fsp3) is 0. The zero-order chi connectivity index (χ0) is 22.6. The van der Waals surface area contributed by atoms with Crippen LogP contribution in [0.1, 0.15) is 0 Å². The van der Waals surface area contributed by atoms with E-state index in [0.29, 0.717) is 21.9 Å². The summed E-state index contributed by atoms with van der Waals surface area (Å²) in [5.41, 5.74) is 1.24. The highest BCUT2D eigenvalue weighted by atomic mass is 19.2. The summed E-state index contributed by atoms with van der Waals surface area (Å²) < 4.78 is 83.9. The summed E-state index contributed by atoms with van der Waals surface area (Å²) in [6.07, 6.45) is 0. The minimum atomic E-state index is -1.13. The Morgan fingerprint density at radius 2 is 0.719 bits per heavy atom. The van der Waals surface area contributed by atoms with Crippen LogP contribution in [0.4, 0.5) is 26.3 Å². The molecule has 5 aromatic carbocycles. The molecule has 6 heteroatoms. The number of halogens is 6. The maximum Gasteiger partial charge on any atom is 0.159 e. The van der Waals surface area contributed by atoms with E-state index in [-0.39, 0.29) is 21.9 Å². The standard InChI is InChI=1S/C26H12F6/c27-19-7-5-13(9-21(19)29)25-15-3-1-2-4-16(15)26(14-6-8-20(28)22(30)10-14)18-12-24(32)23(31)11-17(18)25/h1-12H. The highest BCUT2D eigenvalue weighted by molar-refractivity contribution is 6.21. The molecule has 0 aliphatic heterocycles. The largest absolute Gasteiger partial charge is 0.204 e. The van der Waals surface area contributed by atoms with Crippen molar-refractivity contribution in [3.05, 3.63) is 108 Å². The van der Waals surface area contributed by atoms with Gasteiger partial charge in [-0.25, -0.2) is 26.3 Å². The van der Waals surface area contributed by atoms with Crippen molar-refractivity contribution in [2.45, 2.75) is 0 Å². The second-order valence-electron chi connectivity index (χ2n) is 7.37. The van der Waals surface area contributed by atoms with Crippen molar-refractivity contribution in [2.75, 3.05) is 0 Å². The van der Waals surface area contributed by atoms with Crippen LogP contribution in [-0.4, -0.2) is 0 Å². The number of fused-ring (bicyclic) bond motifs is 2. The van der Waals surface area contributed by atoms with E-state index in [0.717, 1.165) is 36.4 Å². The van der Waals surface area contributed by atoms with Gasteiger partial charge in [0.25, 0.3) is 0 Å². The summed E-state index contributed by atoms with van der Waals surface area (Å²) in [7, 11) is 0. The number of hydrogen-bond donors (Lipinski definition) is 0. The first-order chi connectivity index (χ1) is 15.3. The fourth-order valence-corrected chi connectivity index (χ4v) is 4.10. The minimum absolute atomic E-state index is 0.216. The van der Waals surface area contributed by atoms with E-state index in [9.17, 15) is 26.3 Å². The maximum absolute atomic E-state index is 14.3. The van der Waals surface area contributed by atoms with Gasteiger partial charge in [-0.1, -0.05) is 36.4 Å². The fourth-order valence-electron chi connectivity index (χ4n) is 4.10. The van der Waals surface area contributed by atoms with Crippen LogP contribution in [0.3, 0.4) is 0 Å². The first kappa shape index (κ1) is 20.1. The summed E-state index contributed by atoms with van der Waals surface area (Å²) >= 11 is 0. The molecule has 0 unspecified atom stereocenters. The smallest absolute Gasteiger partial charge is 0.159 e. The van der Waals surface area contributed by atoms with E-state index in [1.807, 2.05) is 0 Å². The Balaban J connectivity index is 2.01. The molecule has 0 aromatic heterocycles. The lowest BCUT2D eigenvalue weighted by Crippen LogP contribution is -1.95. The molecule has 32 heavy (non-hydrogen) atoms. The van der Waals surface area contributed by atoms with Crippen molar-refractivity contribution in [1.82, 2.24) is 0 Å². The summed E-state index contributed by atoms with van der Waals surface area (Å²) in [4.78, 5) is 0. The van der Waals surface area contributed by atoms with E-state index >= 15 is 0 Å². The van der Waals surface area contributed by atoms with Crippen LogP contribution in [0.2, 0.25) is 0 Å². The number of hydrogen-bond acceptors (Lipinski definition) is 0. The van der Waals surface area contributed by atoms with E-state index < -0.39 is 34.9 Å². The van der Waals surface area contributed by atoms with E-state index in [1.165, 1.54) is 12.1 Å². The Bertz CT molecular complexity index is 1420. The Hall–Kier alpha value is -3.80. The predicted molar refractivity (Wildman–Crippen MR) is 112 cm³/mol. The lowest BCUT2D eigenvalue weighted by atomic mass is 9.86. The van der Waals surface area contributed by atoms with Gasteiger partial charge in [-0.3, -0.25) is 0 Å². The van der Waals surface area contributed by atoms with Gasteiger partial charge < -0.3 is 0 Å². The van der Waals surface area contributed by atoms with Gasteiger partial charge in [0.15, 0.2) is 34.9 Å². The van der Waals surface area contributed by atoms with Gasteiger partial charge in [0.05, 0.1) is 0 Å². The molecule has 0 fully saturated rings. The molecular formula is C26H12F6. The minimum Gasteiger partial charge on any atom is -0.204 e. The number of rotatable bonds is 2. The summed E-state index contributed by atoms with van der Waals surface area (Å²) in [6.45, 7) is 0. The third-order valence-electron chi connectivity index (χ3n) is 5.48. The van der Waals surface area contributed by atoms with Crippen LogP contribution < -0.4 is 0 Å². The van der Waals surface area contributed by atoms with Gasteiger partial charge in [0.2, 0.25) is 0 Å². The monoisotopic (exact) mass is 438 g/mol. The second-order valence-corrected chi connectivity index (χ2v) is 7.37. The van der Waals surface area contributed by atoms with Gasteiger partial charge in [-0.05, 0) is 80.2 Å². The molecule has 0 aliphatic rings. The summed E-state index contributed by atoms with van der Waals surface area (Å²) in [5.74, 6) is -6.53. The van der Waals surface area contributed by atoms with Crippen LogP contribution in [0.25, 0.3) is 43.8 Å². The average Bonchev–Trinajstić information content (AvgIpc) is 2.77. The van der Waals surface area contributed by atoms with Crippen LogP contribution >= 0.6 is 0 Å². The van der Waals surface area contributed by atoms with Crippen molar-refractivity contribution in [3.8, 4) is 22.3 Å². The van der Waals surface area contributed by atoms with Crippen molar-refractivity contribution in [1.29, 1.82) is 0 Å². The molecule has 5 aromatic rings. The quantitative estimate of drug-likeness (QED) is 0.193. The van der Waals surface area contributed by atoms with E-state index in [4.69, 9.17) is 0 Å². The average molecular weight is 438 g/mol. The van der Waals surface area contributed by atoms with Gasteiger partial charge in [-0.15, -0.1) is 0 Å². The lowest BCUT2D eigenvalue weighted by Gasteiger charge is -2.18. The summed E-state index contributed by atoms with van der Waals surface area (Å²) in [6, 6.07) is 15.3. The Morgan fingerprint density at radius 1 is 0.344 bits per heavy atom. The third-order valence-corrected chi connectivity index (χ3v) is 5.48. The molecule has 5 rings (SSSR count). The van der Waals surface area contributed by atoms with Gasteiger partial charge in [-0.2, -0.15) is 0 Å². The van der Waals surface area contributed by atoms with Crippen molar-refractivity contribution >= 4 is 21.5 Å². The van der Waals surface area contributed by atoms with E-state index in [2.05, 4.69) is 0 Å². The van der Waals surface area contributed by atoms with Crippen LogP contribution in [0, 0.1) is 34.9 Å². The summed E-state index contributed by atoms with van der Waals surface area (Å²) in [5, 5.41) is 1.48. The zero-order valence-corrected chi connectivity index (χ0v) is 16.2. The Labute approximate surface area is 178 Å². The molecule has 0 aliphatic carbocycles.